The molecule has 2 aromatic rings. The number of aromatic nitrogens is 2. The minimum absolute atomic E-state index is 0.0109. The molecule has 1 atom stereocenters. The maximum atomic E-state index is 13.9. The van der Waals surface area contributed by atoms with Crippen LogP contribution in [0, 0.1) is 0 Å². The third-order valence-electron chi connectivity index (χ3n) is 7.68. The number of halogens is 5. The number of alkyl halides is 5. The molecule has 2 fully saturated rings. The molecular formula is C28H36F5N7O. The van der Waals surface area contributed by atoms with Gasteiger partial charge in [-0.25, -0.2) is 13.8 Å². The summed E-state index contributed by atoms with van der Waals surface area (Å²) in [5.41, 5.74) is -0.910. The van der Waals surface area contributed by atoms with E-state index < -0.39 is 29.6 Å². The highest BCUT2D eigenvalue weighted by atomic mass is 19.4. The van der Waals surface area contributed by atoms with Gasteiger partial charge in [0.25, 0.3) is 11.8 Å². The smallest absolute Gasteiger partial charge is 0.375 e. The fourth-order valence-corrected chi connectivity index (χ4v) is 5.66. The van der Waals surface area contributed by atoms with Crippen LogP contribution in [0.5, 0.6) is 0 Å². The van der Waals surface area contributed by atoms with Crippen LogP contribution < -0.4 is 10.6 Å². The second-order valence-electron chi connectivity index (χ2n) is 10.7. The van der Waals surface area contributed by atoms with Gasteiger partial charge in [0.05, 0.1) is 17.8 Å². The molecule has 1 aromatic carbocycles. The van der Waals surface area contributed by atoms with Crippen LogP contribution in [0.4, 0.5) is 22.0 Å². The Morgan fingerprint density at radius 3 is 2.61 bits per heavy atom. The Morgan fingerprint density at radius 2 is 1.95 bits per heavy atom. The number of amides is 1. The van der Waals surface area contributed by atoms with Crippen LogP contribution in [0.3, 0.4) is 0 Å². The summed E-state index contributed by atoms with van der Waals surface area (Å²) >= 11 is 0. The van der Waals surface area contributed by atoms with Crippen LogP contribution in [0.1, 0.15) is 79.2 Å². The normalized spacial score (nSPS) is 19.2. The Kier molecular flexibility index (Phi) is 9.77. The number of benzene rings is 1. The zero-order chi connectivity index (χ0) is 29.6. The van der Waals surface area contributed by atoms with Gasteiger partial charge in [-0.3, -0.25) is 9.69 Å². The molecule has 1 saturated heterocycles. The first-order valence-corrected chi connectivity index (χ1v) is 13.9. The molecule has 0 radical (unpaired) electrons. The molecule has 0 bridgehead atoms. The summed E-state index contributed by atoms with van der Waals surface area (Å²) in [5.74, 6) is -2.53. The Bertz CT molecular complexity index is 1240. The summed E-state index contributed by atoms with van der Waals surface area (Å²) in [6.07, 6.45) is 0.969. The van der Waals surface area contributed by atoms with E-state index in [9.17, 15) is 26.7 Å². The van der Waals surface area contributed by atoms with Crippen LogP contribution in [-0.2, 0) is 6.18 Å². The summed E-state index contributed by atoms with van der Waals surface area (Å²) in [7, 11) is 1.64. The molecule has 13 heteroatoms. The van der Waals surface area contributed by atoms with E-state index in [2.05, 4.69) is 32.5 Å². The molecule has 0 spiro atoms. The molecule has 1 aliphatic heterocycles. The number of carbonyl (C=O) groups excluding carboxylic acids is 1. The zero-order valence-electron chi connectivity index (χ0n) is 23.1. The number of nitrogens with one attached hydrogen (secondary N) is 2. The fourth-order valence-electron chi connectivity index (χ4n) is 5.66. The molecule has 1 amide bonds. The van der Waals surface area contributed by atoms with Gasteiger partial charge < -0.3 is 15.2 Å². The van der Waals surface area contributed by atoms with Gasteiger partial charge in [-0.2, -0.15) is 18.3 Å². The van der Waals surface area contributed by atoms with Crippen LogP contribution in [0.15, 0.2) is 40.7 Å². The van der Waals surface area contributed by atoms with E-state index in [1.165, 1.54) is 29.0 Å². The first-order chi connectivity index (χ1) is 19.5. The number of carbonyl (C=O) groups is 1. The molecule has 224 valence electrons. The summed E-state index contributed by atoms with van der Waals surface area (Å²) in [5, 5.41) is 13.3. The highest BCUT2D eigenvalue weighted by molar-refractivity contribution is 5.93. The fraction of sp³-hybridized carbons (Fsp3) is 0.571. The summed E-state index contributed by atoms with van der Waals surface area (Å²) in [6, 6.07) is 4.71. The van der Waals surface area contributed by atoms with Crippen molar-refractivity contribution in [2.45, 2.75) is 75.4 Å². The summed E-state index contributed by atoms with van der Waals surface area (Å²) < 4.78 is 71.0. The van der Waals surface area contributed by atoms with Crippen molar-refractivity contribution >= 4 is 18.5 Å². The number of imidazole rings is 1. The number of amidine groups is 1. The lowest BCUT2D eigenvalue weighted by molar-refractivity contribution is -0.137. The first-order valence-electron chi connectivity index (χ1n) is 13.9. The molecule has 2 heterocycles. The molecule has 2 N–H and O–H groups in total. The standard InChI is InChI=1S/C28H36F5N7O/c1-34-24(38-35-2)16-20(12-15-39-14-7-13-27(29,30)18-39)36-26(41)22-17-40(25(37-22)19-8-3-4-9-19)23-11-6-5-10-21(23)28(31,32)33/h5-6,10-11,17,19-20H,2-4,7-9,12-16,18H2,1H3,(H,34,38)(H,36,41)/t20-/m0/s1. The average molecular weight is 582 g/mol. The lowest BCUT2D eigenvalue weighted by Crippen LogP contribution is -2.46. The predicted molar refractivity (Wildman–Crippen MR) is 147 cm³/mol. The molecule has 2 aliphatic rings. The van der Waals surface area contributed by atoms with E-state index in [4.69, 9.17) is 0 Å². The SMILES string of the molecule is C=N/N=C(/C[C@H](CCN1CCCC(F)(F)C1)NC(=O)c1cn(-c2ccccc2C(F)(F)F)c(C2CCCC2)n1)NC. The summed E-state index contributed by atoms with van der Waals surface area (Å²) in [6.45, 7) is 3.86. The quantitative estimate of drug-likeness (QED) is 0.171. The number of para-hydroxylation sites is 1. The van der Waals surface area contributed by atoms with Crippen LogP contribution in [0.25, 0.3) is 5.69 Å². The van der Waals surface area contributed by atoms with E-state index >= 15 is 0 Å². The molecule has 4 rings (SSSR count). The number of piperidine rings is 1. The lowest BCUT2D eigenvalue weighted by atomic mass is 10.0. The highest BCUT2D eigenvalue weighted by Gasteiger charge is 2.36. The van der Waals surface area contributed by atoms with Crippen molar-refractivity contribution in [2.24, 2.45) is 10.2 Å². The van der Waals surface area contributed by atoms with Gasteiger partial charge in [0.1, 0.15) is 17.4 Å². The number of rotatable bonds is 10. The van der Waals surface area contributed by atoms with Crippen molar-refractivity contribution in [3.63, 3.8) is 0 Å². The van der Waals surface area contributed by atoms with E-state index in [-0.39, 0.29) is 36.7 Å². The topological polar surface area (TPSA) is 86.9 Å². The van der Waals surface area contributed by atoms with Gasteiger partial charge in [-0.05, 0) is 44.4 Å². The maximum absolute atomic E-state index is 13.9. The number of hydrogen-bond acceptors (Lipinski definition) is 5. The van der Waals surface area contributed by atoms with Crippen molar-refractivity contribution in [3.8, 4) is 5.69 Å². The predicted octanol–water partition coefficient (Wildman–Crippen LogP) is 5.39. The van der Waals surface area contributed by atoms with E-state index in [1.54, 1.807) is 11.9 Å². The number of nitrogens with zero attached hydrogens (tertiary/aromatic N) is 5. The number of likely N-dealkylation sites (tertiary alicyclic amines) is 1. The van der Waals surface area contributed by atoms with Gasteiger partial charge in [0, 0.05) is 51.3 Å². The lowest BCUT2D eigenvalue weighted by Gasteiger charge is -2.33. The first kappa shape index (κ1) is 30.6. The third kappa shape index (κ3) is 7.90. The van der Waals surface area contributed by atoms with Gasteiger partial charge in [-0.15, -0.1) is 5.10 Å². The van der Waals surface area contributed by atoms with E-state index in [1.807, 2.05) is 0 Å². The molecule has 1 aliphatic carbocycles. The number of hydrogen-bond donors (Lipinski definition) is 2. The van der Waals surface area contributed by atoms with Crippen LogP contribution >= 0.6 is 0 Å². The Hall–Kier alpha value is -3.35. The van der Waals surface area contributed by atoms with Gasteiger partial charge in [0.15, 0.2) is 0 Å². The third-order valence-corrected chi connectivity index (χ3v) is 7.68. The molecule has 1 saturated carbocycles. The van der Waals surface area contributed by atoms with Crippen LogP contribution in [0.2, 0.25) is 0 Å². The van der Waals surface area contributed by atoms with Gasteiger partial charge >= 0.3 is 6.18 Å². The van der Waals surface area contributed by atoms with Crippen molar-refractivity contribution in [2.75, 3.05) is 26.7 Å². The van der Waals surface area contributed by atoms with Crippen molar-refractivity contribution in [1.29, 1.82) is 0 Å². The zero-order valence-corrected chi connectivity index (χ0v) is 23.1. The van der Waals surface area contributed by atoms with E-state index in [0.29, 0.717) is 37.6 Å². The van der Waals surface area contributed by atoms with Crippen molar-refractivity contribution < 1.29 is 26.7 Å². The Labute approximate surface area is 236 Å². The largest absolute Gasteiger partial charge is 0.418 e. The minimum atomic E-state index is -4.59. The molecule has 8 nitrogen and oxygen atoms in total. The van der Waals surface area contributed by atoms with Crippen molar-refractivity contribution in [3.05, 3.63) is 47.5 Å². The van der Waals surface area contributed by atoms with Crippen LogP contribution in [-0.4, -0.2) is 71.6 Å². The van der Waals surface area contributed by atoms with Gasteiger partial charge in [-0.1, -0.05) is 25.0 Å². The Balaban J connectivity index is 1.60. The molecule has 41 heavy (non-hydrogen) atoms. The van der Waals surface area contributed by atoms with E-state index in [0.717, 1.165) is 31.7 Å². The second-order valence-corrected chi connectivity index (χ2v) is 10.7. The maximum Gasteiger partial charge on any atom is 0.418 e. The molecule has 1 aromatic heterocycles. The Morgan fingerprint density at radius 1 is 1.22 bits per heavy atom. The highest BCUT2D eigenvalue weighted by Crippen LogP contribution is 2.38. The molecular weight excluding hydrogens is 545 g/mol. The molecule has 0 unspecified atom stereocenters. The average Bonchev–Trinajstić information content (AvgIpc) is 3.61. The van der Waals surface area contributed by atoms with Crippen molar-refractivity contribution in [1.82, 2.24) is 25.1 Å². The summed E-state index contributed by atoms with van der Waals surface area (Å²) in [4.78, 5) is 19.7. The second kappa shape index (κ2) is 13.1. The monoisotopic (exact) mass is 581 g/mol. The minimum Gasteiger partial charge on any atom is -0.375 e. The van der Waals surface area contributed by atoms with Gasteiger partial charge in [0.2, 0.25) is 0 Å².